The predicted octanol–water partition coefficient (Wildman–Crippen LogP) is 2.54. The minimum absolute atomic E-state index is 0.763. The maximum atomic E-state index is 4.78. The van der Waals surface area contributed by atoms with E-state index in [1.54, 1.807) is 0 Å². The van der Waals surface area contributed by atoms with Gasteiger partial charge in [0.1, 0.15) is 0 Å². The second-order valence-corrected chi connectivity index (χ2v) is 7.96. The van der Waals surface area contributed by atoms with Gasteiger partial charge in [0.15, 0.2) is 5.96 Å². The van der Waals surface area contributed by atoms with E-state index < -0.39 is 0 Å². The zero-order valence-corrected chi connectivity index (χ0v) is 16.9. The van der Waals surface area contributed by atoms with Crippen molar-refractivity contribution in [3.8, 4) is 0 Å². The molecule has 5 heteroatoms. The SMILES string of the molecule is CCNC(=NCCCN1CCCCC1C)NCCC1CCN(C)CC1. The fraction of sp³-hybridized carbons (Fsp3) is 0.950. The Morgan fingerprint density at radius 1 is 1.08 bits per heavy atom. The molecule has 0 aromatic heterocycles. The first-order chi connectivity index (χ1) is 12.2. The molecule has 1 unspecified atom stereocenters. The summed E-state index contributed by atoms with van der Waals surface area (Å²) in [7, 11) is 2.23. The molecule has 25 heavy (non-hydrogen) atoms. The third-order valence-electron chi connectivity index (χ3n) is 5.84. The van der Waals surface area contributed by atoms with Crippen LogP contribution in [0, 0.1) is 5.92 Å². The molecule has 2 N–H and O–H groups in total. The second-order valence-electron chi connectivity index (χ2n) is 7.96. The highest BCUT2D eigenvalue weighted by Gasteiger charge is 2.17. The van der Waals surface area contributed by atoms with Gasteiger partial charge in [0.2, 0.25) is 0 Å². The van der Waals surface area contributed by atoms with Crippen LogP contribution < -0.4 is 10.6 Å². The number of nitrogens with zero attached hydrogens (tertiary/aromatic N) is 3. The van der Waals surface area contributed by atoms with Crippen molar-refractivity contribution >= 4 is 5.96 Å². The summed E-state index contributed by atoms with van der Waals surface area (Å²) in [4.78, 5) is 9.86. The first-order valence-corrected chi connectivity index (χ1v) is 10.6. The van der Waals surface area contributed by atoms with Gasteiger partial charge in [-0.15, -0.1) is 0 Å². The number of hydrogen-bond donors (Lipinski definition) is 2. The minimum Gasteiger partial charge on any atom is -0.357 e. The summed E-state index contributed by atoms with van der Waals surface area (Å²) in [5.41, 5.74) is 0. The van der Waals surface area contributed by atoms with E-state index in [1.165, 1.54) is 64.7 Å². The number of aliphatic imine (C=N–C) groups is 1. The van der Waals surface area contributed by atoms with Crippen molar-refractivity contribution in [1.29, 1.82) is 0 Å². The molecule has 0 aromatic carbocycles. The van der Waals surface area contributed by atoms with Crippen LogP contribution in [-0.4, -0.2) is 74.7 Å². The van der Waals surface area contributed by atoms with Gasteiger partial charge in [0.25, 0.3) is 0 Å². The van der Waals surface area contributed by atoms with Crippen molar-refractivity contribution in [3.05, 3.63) is 0 Å². The number of piperidine rings is 2. The van der Waals surface area contributed by atoms with Gasteiger partial charge in [-0.2, -0.15) is 0 Å². The first-order valence-electron chi connectivity index (χ1n) is 10.6. The van der Waals surface area contributed by atoms with Gasteiger partial charge < -0.3 is 20.4 Å². The molecule has 2 aliphatic heterocycles. The Balaban J connectivity index is 1.62. The van der Waals surface area contributed by atoms with Crippen LogP contribution >= 0.6 is 0 Å². The molecule has 0 spiro atoms. The van der Waals surface area contributed by atoms with E-state index >= 15 is 0 Å². The summed E-state index contributed by atoms with van der Waals surface area (Å²) >= 11 is 0. The average Bonchev–Trinajstić information content (AvgIpc) is 2.61. The lowest BCUT2D eigenvalue weighted by atomic mass is 9.94. The molecule has 0 bridgehead atoms. The predicted molar refractivity (Wildman–Crippen MR) is 108 cm³/mol. The van der Waals surface area contributed by atoms with Crippen LogP contribution in [0.3, 0.4) is 0 Å². The van der Waals surface area contributed by atoms with Crippen LogP contribution in [0.25, 0.3) is 0 Å². The molecule has 0 aromatic rings. The van der Waals surface area contributed by atoms with Crippen molar-refractivity contribution in [3.63, 3.8) is 0 Å². The van der Waals surface area contributed by atoms with E-state index in [9.17, 15) is 0 Å². The quantitative estimate of drug-likeness (QED) is 0.401. The lowest BCUT2D eigenvalue weighted by Gasteiger charge is -2.33. The zero-order chi connectivity index (χ0) is 17.9. The van der Waals surface area contributed by atoms with Crippen LogP contribution in [0.5, 0.6) is 0 Å². The van der Waals surface area contributed by atoms with Crippen LogP contribution in [-0.2, 0) is 0 Å². The monoisotopic (exact) mass is 351 g/mol. The van der Waals surface area contributed by atoms with Gasteiger partial charge in [0, 0.05) is 32.2 Å². The molecule has 2 fully saturated rings. The van der Waals surface area contributed by atoms with Crippen LogP contribution in [0.1, 0.15) is 58.8 Å². The summed E-state index contributed by atoms with van der Waals surface area (Å²) in [6.07, 6.45) is 9.26. The lowest BCUT2D eigenvalue weighted by molar-refractivity contribution is 0.160. The minimum atomic E-state index is 0.763. The Morgan fingerprint density at radius 2 is 1.88 bits per heavy atom. The summed E-state index contributed by atoms with van der Waals surface area (Å²) in [6, 6.07) is 0.763. The topological polar surface area (TPSA) is 42.9 Å². The molecule has 1 atom stereocenters. The summed E-state index contributed by atoms with van der Waals surface area (Å²) in [6.45, 7) is 12.4. The molecule has 2 heterocycles. The lowest BCUT2D eigenvalue weighted by Crippen LogP contribution is -2.40. The summed E-state index contributed by atoms with van der Waals surface area (Å²) in [5, 5.41) is 6.93. The molecule has 2 aliphatic rings. The molecule has 2 rings (SSSR count). The maximum Gasteiger partial charge on any atom is 0.191 e. The summed E-state index contributed by atoms with van der Waals surface area (Å²) in [5.74, 6) is 1.88. The standard InChI is InChI=1S/C20H41N5/c1-4-21-20(23-13-9-19-10-16-24(3)17-11-19)22-12-7-15-25-14-6-5-8-18(25)2/h18-19H,4-17H2,1-3H3,(H2,21,22,23). The Morgan fingerprint density at radius 3 is 2.60 bits per heavy atom. The molecule has 2 saturated heterocycles. The highest BCUT2D eigenvalue weighted by Crippen LogP contribution is 2.18. The van der Waals surface area contributed by atoms with E-state index in [0.717, 1.165) is 44.0 Å². The number of nitrogens with one attached hydrogen (secondary N) is 2. The third kappa shape index (κ3) is 7.95. The zero-order valence-electron chi connectivity index (χ0n) is 16.9. The third-order valence-corrected chi connectivity index (χ3v) is 5.84. The van der Waals surface area contributed by atoms with Crippen LogP contribution in [0.4, 0.5) is 0 Å². The van der Waals surface area contributed by atoms with E-state index in [-0.39, 0.29) is 0 Å². The molecular formula is C20H41N5. The molecular weight excluding hydrogens is 310 g/mol. The second kappa shape index (κ2) is 11.7. The van der Waals surface area contributed by atoms with Crippen molar-refractivity contribution in [2.24, 2.45) is 10.9 Å². The van der Waals surface area contributed by atoms with Crippen molar-refractivity contribution in [2.75, 3.05) is 52.9 Å². The van der Waals surface area contributed by atoms with Gasteiger partial charge in [-0.25, -0.2) is 0 Å². The van der Waals surface area contributed by atoms with E-state index in [1.807, 2.05) is 0 Å². The summed E-state index contributed by atoms with van der Waals surface area (Å²) < 4.78 is 0. The highest BCUT2D eigenvalue weighted by molar-refractivity contribution is 5.79. The van der Waals surface area contributed by atoms with Gasteiger partial charge in [0.05, 0.1) is 0 Å². The first kappa shape index (κ1) is 20.5. The number of rotatable bonds is 8. The Hall–Kier alpha value is -0.810. The molecule has 0 saturated carbocycles. The fourth-order valence-electron chi connectivity index (χ4n) is 4.04. The Kier molecular flexibility index (Phi) is 9.63. The molecule has 146 valence electrons. The van der Waals surface area contributed by atoms with E-state index in [4.69, 9.17) is 4.99 Å². The molecule has 0 amide bonds. The largest absolute Gasteiger partial charge is 0.357 e. The maximum absolute atomic E-state index is 4.78. The van der Waals surface area contributed by atoms with Gasteiger partial charge in [-0.05, 0) is 85.0 Å². The number of hydrogen-bond acceptors (Lipinski definition) is 3. The number of guanidine groups is 1. The number of likely N-dealkylation sites (tertiary alicyclic amines) is 2. The van der Waals surface area contributed by atoms with Gasteiger partial charge in [-0.3, -0.25) is 4.99 Å². The van der Waals surface area contributed by atoms with E-state index in [0.29, 0.717) is 0 Å². The molecule has 5 nitrogen and oxygen atoms in total. The average molecular weight is 352 g/mol. The molecule has 0 aliphatic carbocycles. The van der Waals surface area contributed by atoms with Gasteiger partial charge in [-0.1, -0.05) is 6.42 Å². The normalized spacial score (nSPS) is 24.4. The van der Waals surface area contributed by atoms with E-state index in [2.05, 4.69) is 41.3 Å². The highest BCUT2D eigenvalue weighted by atomic mass is 15.2. The van der Waals surface area contributed by atoms with Crippen LogP contribution in [0.15, 0.2) is 4.99 Å². The van der Waals surface area contributed by atoms with Crippen molar-refractivity contribution in [1.82, 2.24) is 20.4 Å². The Bertz CT molecular complexity index is 376. The van der Waals surface area contributed by atoms with Crippen molar-refractivity contribution in [2.45, 2.75) is 64.8 Å². The fourth-order valence-corrected chi connectivity index (χ4v) is 4.04. The van der Waals surface area contributed by atoms with Crippen molar-refractivity contribution < 1.29 is 0 Å². The Labute approximate surface area is 155 Å². The van der Waals surface area contributed by atoms with Crippen LogP contribution in [0.2, 0.25) is 0 Å². The smallest absolute Gasteiger partial charge is 0.191 e. The molecule has 0 radical (unpaired) electrons. The van der Waals surface area contributed by atoms with Gasteiger partial charge >= 0.3 is 0 Å².